The third kappa shape index (κ3) is 4.61. The fourth-order valence-corrected chi connectivity index (χ4v) is 7.53. The van der Waals surface area contributed by atoms with Crippen molar-refractivity contribution >= 4 is 58.9 Å². The molecule has 0 spiro atoms. The van der Waals surface area contributed by atoms with Gasteiger partial charge in [-0.05, 0) is 70.5 Å². The average Bonchev–Trinajstić information content (AvgIpc) is 3.59. The zero-order chi connectivity index (χ0) is 31.3. The van der Waals surface area contributed by atoms with E-state index in [1.54, 1.807) is 4.67 Å². The van der Waals surface area contributed by atoms with E-state index in [0.29, 0.717) is 19.0 Å². The van der Waals surface area contributed by atoms with Crippen molar-refractivity contribution in [3.63, 3.8) is 0 Å². The Labute approximate surface area is 262 Å². The highest BCUT2D eigenvalue weighted by Crippen LogP contribution is 2.49. The Kier molecular flexibility index (Phi) is 8.02. The summed E-state index contributed by atoms with van der Waals surface area (Å²) in [5.41, 5.74) is 10.8. The summed E-state index contributed by atoms with van der Waals surface area (Å²) in [5.74, 6) is 0.339. The Bertz CT molecular complexity index is 2080. The van der Waals surface area contributed by atoms with Gasteiger partial charge in [0.15, 0.2) is 0 Å². The van der Waals surface area contributed by atoms with E-state index in [1.807, 2.05) is 19.9 Å². The monoisotopic (exact) mass is 603 g/mol. The van der Waals surface area contributed by atoms with Gasteiger partial charge in [0, 0.05) is 51.6 Å². The lowest BCUT2D eigenvalue weighted by molar-refractivity contribution is 0.0889. The van der Waals surface area contributed by atoms with Crippen LogP contribution < -0.4 is 0 Å². The smallest absolute Gasteiger partial charge is 0.258 e. The highest BCUT2D eigenvalue weighted by atomic mass is 31.0. The van der Waals surface area contributed by atoms with Crippen LogP contribution in [0.4, 0.5) is 0 Å². The number of aliphatic hydroxyl groups is 1. The van der Waals surface area contributed by atoms with Crippen LogP contribution >= 0.6 is 9.39 Å². The van der Waals surface area contributed by atoms with Crippen molar-refractivity contribution in [3.05, 3.63) is 107 Å². The first-order valence-corrected chi connectivity index (χ1v) is 16.3. The fourth-order valence-electron chi connectivity index (χ4n) is 7.21. The zero-order valence-corrected chi connectivity index (χ0v) is 27.6. The second-order valence-corrected chi connectivity index (χ2v) is 12.4. The van der Waals surface area contributed by atoms with Crippen molar-refractivity contribution in [2.45, 2.75) is 73.0 Å². The number of aryl methyl sites for hydroxylation is 3. The van der Waals surface area contributed by atoms with E-state index in [0.717, 1.165) is 35.9 Å². The molecular formula is C38H42N3O2P. The number of rotatable bonds is 3. The summed E-state index contributed by atoms with van der Waals surface area (Å²) in [4.78, 5) is 13.4. The number of carbonyl (C=O) groups excluding carboxylic acids is 1. The maximum absolute atomic E-state index is 13.4. The Morgan fingerprint density at radius 2 is 1.59 bits per heavy atom. The molecule has 8 rings (SSSR count). The minimum absolute atomic E-state index is 0.118. The van der Waals surface area contributed by atoms with E-state index in [9.17, 15) is 4.79 Å². The third-order valence-electron chi connectivity index (χ3n) is 9.26. The van der Waals surface area contributed by atoms with Gasteiger partial charge in [-0.1, -0.05) is 81.9 Å². The summed E-state index contributed by atoms with van der Waals surface area (Å²) in [5, 5.41) is 13.9. The summed E-state index contributed by atoms with van der Waals surface area (Å²) in [6.45, 7) is 15.5. The van der Waals surface area contributed by atoms with Crippen LogP contribution in [0, 0.1) is 13.8 Å². The molecule has 2 aromatic heterocycles. The minimum Gasteiger partial charge on any atom is -0.513 e. The van der Waals surface area contributed by atoms with Crippen molar-refractivity contribution in [1.29, 1.82) is 0 Å². The van der Waals surface area contributed by atoms with Crippen LogP contribution in [-0.2, 0) is 19.5 Å². The minimum atomic E-state index is 0.118. The molecule has 6 heteroatoms. The summed E-state index contributed by atoms with van der Waals surface area (Å²) in [6, 6.07) is 24.0. The van der Waals surface area contributed by atoms with E-state index in [4.69, 9.17) is 5.11 Å². The molecule has 2 aliphatic heterocycles. The van der Waals surface area contributed by atoms with Crippen molar-refractivity contribution in [1.82, 2.24) is 13.8 Å². The van der Waals surface area contributed by atoms with Gasteiger partial charge in [0.25, 0.3) is 5.91 Å². The molecule has 0 saturated heterocycles. The SMILES string of the molecule is C=C(O)Cc1ccc(C)c(C)c1.CC.CCC1CCn2c3ccccc3c3c4c(c5c6ccccc6n1c5c32)CN(P)C4=O. The van der Waals surface area contributed by atoms with Gasteiger partial charge in [-0.2, -0.15) is 0 Å². The zero-order valence-electron chi connectivity index (χ0n) is 26.4. The highest BCUT2D eigenvalue weighted by molar-refractivity contribution is 7.14. The number of allylic oxidation sites excluding steroid dienone is 1. The van der Waals surface area contributed by atoms with Gasteiger partial charge in [0.2, 0.25) is 0 Å². The molecule has 2 aliphatic rings. The molecule has 44 heavy (non-hydrogen) atoms. The molecule has 0 fully saturated rings. The lowest BCUT2D eigenvalue weighted by Gasteiger charge is -2.18. The second kappa shape index (κ2) is 11.8. The molecule has 0 aliphatic carbocycles. The maximum atomic E-state index is 13.4. The fraction of sp³-hybridized carbons (Fsp3) is 0.289. The molecule has 2 unspecified atom stereocenters. The number of aromatic nitrogens is 2. The van der Waals surface area contributed by atoms with Crippen molar-refractivity contribution in [2.75, 3.05) is 0 Å². The van der Waals surface area contributed by atoms with E-state index >= 15 is 0 Å². The number of benzene rings is 4. The van der Waals surface area contributed by atoms with Crippen LogP contribution in [0.5, 0.6) is 0 Å². The second-order valence-electron chi connectivity index (χ2n) is 11.8. The van der Waals surface area contributed by atoms with Crippen LogP contribution in [0.3, 0.4) is 0 Å². The molecule has 0 radical (unpaired) electrons. The highest BCUT2D eigenvalue weighted by Gasteiger charge is 2.36. The molecule has 6 aromatic rings. The first-order valence-electron chi connectivity index (χ1n) is 15.8. The van der Waals surface area contributed by atoms with Gasteiger partial charge in [0.05, 0.1) is 28.9 Å². The van der Waals surface area contributed by atoms with Gasteiger partial charge in [-0.3, -0.25) is 4.79 Å². The van der Waals surface area contributed by atoms with Crippen LogP contribution in [0.25, 0.3) is 43.6 Å². The van der Waals surface area contributed by atoms with E-state index in [-0.39, 0.29) is 11.7 Å². The number of nitrogens with zero attached hydrogens (tertiary/aromatic N) is 3. The molecular weight excluding hydrogens is 561 g/mol. The van der Waals surface area contributed by atoms with Crippen LogP contribution in [0.15, 0.2) is 79.1 Å². The first-order chi connectivity index (χ1) is 21.3. The maximum Gasteiger partial charge on any atom is 0.258 e. The normalized spacial score (nSPS) is 15.4. The number of carbonyl (C=O) groups is 1. The van der Waals surface area contributed by atoms with Crippen molar-refractivity contribution in [2.24, 2.45) is 0 Å². The van der Waals surface area contributed by atoms with Gasteiger partial charge in [-0.25, -0.2) is 0 Å². The lowest BCUT2D eigenvalue weighted by atomic mass is 9.97. The summed E-state index contributed by atoms with van der Waals surface area (Å²) in [7, 11) is 2.64. The van der Waals surface area contributed by atoms with E-state index < -0.39 is 0 Å². The van der Waals surface area contributed by atoms with Crippen molar-refractivity contribution < 1.29 is 9.90 Å². The Morgan fingerprint density at radius 1 is 0.932 bits per heavy atom. The molecule has 226 valence electrons. The number of amides is 1. The Balaban J connectivity index is 0.000000208. The van der Waals surface area contributed by atoms with Gasteiger partial charge < -0.3 is 18.9 Å². The van der Waals surface area contributed by atoms with Crippen LogP contribution in [-0.4, -0.2) is 24.8 Å². The summed E-state index contributed by atoms with van der Waals surface area (Å²) in [6.07, 6.45) is 2.76. The van der Waals surface area contributed by atoms with Crippen LogP contribution in [0.1, 0.15) is 72.3 Å². The molecule has 1 N–H and O–H groups in total. The number of fused-ring (bicyclic) bond motifs is 9. The molecule has 5 nitrogen and oxygen atoms in total. The quantitative estimate of drug-likeness (QED) is 0.162. The average molecular weight is 604 g/mol. The van der Waals surface area contributed by atoms with Crippen LogP contribution in [0.2, 0.25) is 0 Å². The largest absolute Gasteiger partial charge is 0.513 e. The van der Waals surface area contributed by atoms with Crippen molar-refractivity contribution in [3.8, 4) is 0 Å². The molecule has 0 saturated carbocycles. The predicted octanol–water partition coefficient (Wildman–Crippen LogP) is 9.95. The summed E-state index contributed by atoms with van der Waals surface area (Å²) >= 11 is 0. The number of hydrogen-bond donors (Lipinski definition) is 1. The molecule has 4 aromatic carbocycles. The molecule has 4 heterocycles. The third-order valence-corrected chi connectivity index (χ3v) is 9.68. The van der Waals surface area contributed by atoms with E-state index in [2.05, 4.69) is 107 Å². The van der Waals surface area contributed by atoms with Gasteiger partial charge in [0.1, 0.15) is 0 Å². The molecule has 2 atom stereocenters. The Morgan fingerprint density at radius 3 is 2.25 bits per heavy atom. The van der Waals surface area contributed by atoms with Gasteiger partial charge in [-0.15, -0.1) is 0 Å². The van der Waals surface area contributed by atoms with E-state index in [1.165, 1.54) is 54.9 Å². The number of para-hydroxylation sites is 2. The standard InChI is InChI=1S/C25H22N3OP.C11H14O.C2H6/c1-2-14-11-12-26-18-9-5-3-7-15(18)21-22-17(13-27(30)25(22)29)20-16-8-4-6-10-19(16)28(14)24(20)23(21)26;1-8-4-5-11(6-9(8)2)7-10(3)12;1-2/h3-10,14H,2,11-13,30H2,1H3;4-6,12H,3,7H2,1-2H3;1-2H3. The predicted molar refractivity (Wildman–Crippen MR) is 189 cm³/mol. The Hall–Kier alpha value is -4.08. The lowest BCUT2D eigenvalue weighted by Crippen LogP contribution is -2.10. The first kappa shape index (κ1) is 30.0. The molecule has 0 bridgehead atoms. The molecule has 1 amide bonds. The number of aliphatic hydroxyl groups excluding tert-OH is 1. The topological polar surface area (TPSA) is 50.4 Å². The van der Waals surface area contributed by atoms with Gasteiger partial charge >= 0.3 is 0 Å². The summed E-state index contributed by atoms with van der Waals surface area (Å²) < 4.78 is 6.87. The number of hydrogen-bond acceptors (Lipinski definition) is 2.